The van der Waals surface area contributed by atoms with E-state index in [-0.39, 0.29) is 30.0 Å². The Morgan fingerprint density at radius 2 is 2.05 bits per heavy atom. The molecule has 0 aliphatic rings. The van der Waals surface area contributed by atoms with Gasteiger partial charge in [-0.25, -0.2) is 4.98 Å². The summed E-state index contributed by atoms with van der Waals surface area (Å²) in [4.78, 5) is 26.6. The molecule has 6 nitrogen and oxygen atoms in total. The molecule has 0 aromatic carbocycles. The third-order valence-electron chi connectivity index (χ3n) is 1.91. The molecule has 1 aromatic rings. The molecular weight excluding hydrogens is 308 g/mol. The normalized spacial score (nSPS) is 10.7. The van der Waals surface area contributed by atoms with Crippen LogP contribution in [0.3, 0.4) is 0 Å². The average molecular weight is 325 g/mol. The summed E-state index contributed by atoms with van der Waals surface area (Å²) in [6, 6.07) is 0. The SMILES string of the molecule is Cc1nc(NC(=O)C(C)(C)N)sc1SCC(N)=O.Cl. The van der Waals surface area contributed by atoms with Crippen molar-refractivity contribution in [1.82, 2.24) is 4.98 Å². The highest BCUT2D eigenvalue weighted by Crippen LogP contribution is 2.32. The smallest absolute Gasteiger partial charge is 0.245 e. The van der Waals surface area contributed by atoms with E-state index >= 15 is 0 Å². The highest BCUT2D eigenvalue weighted by atomic mass is 35.5. The van der Waals surface area contributed by atoms with Crippen LogP contribution < -0.4 is 16.8 Å². The molecule has 0 bridgehead atoms. The first kappa shape index (κ1) is 18.2. The largest absolute Gasteiger partial charge is 0.369 e. The van der Waals surface area contributed by atoms with Gasteiger partial charge in [-0.3, -0.25) is 9.59 Å². The van der Waals surface area contributed by atoms with Crippen LogP contribution in [-0.2, 0) is 9.59 Å². The minimum absolute atomic E-state index is 0. The molecule has 0 fully saturated rings. The van der Waals surface area contributed by atoms with Crippen molar-refractivity contribution in [3.8, 4) is 0 Å². The molecule has 1 heterocycles. The van der Waals surface area contributed by atoms with E-state index in [1.54, 1.807) is 13.8 Å². The number of hydrogen-bond acceptors (Lipinski definition) is 6. The molecule has 0 saturated carbocycles. The van der Waals surface area contributed by atoms with E-state index in [1.807, 2.05) is 6.92 Å². The number of nitrogens with one attached hydrogen (secondary N) is 1. The van der Waals surface area contributed by atoms with E-state index in [4.69, 9.17) is 11.5 Å². The maximum absolute atomic E-state index is 11.7. The van der Waals surface area contributed by atoms with Gasteiger partial charge in [-0.1, -0.05) is 11.3 Å². The maximum atomic E-state index is 11.7. The Hall–Kier alpha value is -0.830. The van der Waals surface area contributed by atoms with Gasteiger partial charge in [0.25, 0.3) is 0 Å². The molecule has 1 rings (SSSR count). The Balaban J connectivity index is 0.00000324. The predicted octanol–water partition coefficient (Wildman–Crippen LogP) is 1.13. The molecule has 0 aliphatic carbocycles. The van der Waals surface area contributed by atoms with Crippen molar-refractivity contribution in [2.45, 2.75) is 30.5 Å². The molecule has 108 valence electrons. The van der Waals surface area contributed by atoms with E-state index < -0.39 is 5.54 Å². The van der Waals surface area contributed by atoms with Crippen molar-refractivity contribution in [3.05, 3.63) is 5.69 Å². The van der Waals surface area contributed by atoms with Crippen molar-refractivity contribution in [2.75, 3.05) is 11.1 Å². The van der Waals surface area contributed by atoms with Crippen LogP contribution in [0.15, 0.2) is 4.21 Å². The van der Waals surface area contributed by atoms with Gasteiger partial charge in [-0.2, -0.15) is 0 Å². The monoisotopic (exact) mass is 324 g/mol. The van der Waals surface area contributed by atoms with Gasteiger partial charge in [0, 0.05) is 0 Å². The third-order valence-corrected chi connectivity index (χ3v) is 4.36. The summed E-state index contributed by atoms with van der Waals surface area (Å²) < 4.78 is 0.860. The Labute approximate surface area is 126 Å². The maximum Gasteiger partial charge on any atom is 0.245 e. The summed E-state index contributed by atoms with van der Waals surface area (Å²) in [5, 5.41) is 3.12. The van der Waals surface area contributed by atoms with Gasteiger partial charge in [0.15, 0.2) is 5.13 Å². The quantitative estimate of drug-likeness (QED) is 0.703. The highest BCUT2D eigenvalue weighted by Gasteiger charge is 2.23. The molecule has 5 N–H and O–H groups in total. The second-order valence-electron chi connectivity index (χ2n) is 4.32. The van der Waals surface area contributed by atoms with Gasteiger partial charge in [0.1, 0.15) is 0 Å². The highest BCUT2D eigenvalue weighted by molar-refractivity contribution is 8.01. The Morgan fingerprint density at radius 3 is 2.53 bits per heavy atom. The van der Waals surface area contributed by atoms with Gasteiger partial charge < -0.3 is 16.8 Å². The summed E-state index contributed by atoms with van der Waals surface area (Å²) in [6.45, 7) is 5.04. The van der Waals surface area contributed by atoms with Gasteiger partial charge in [0.2, 0.25) is 11.8 Å². The van der Waals surface area contributed by atoms with Crippen molar-refractivity contribution in [1.29, 1.82) is 0 Å². The van der Waals surface area contributed by atoms with Crippen LogP contribution in [0.1, 0.15) is 19.5 Å². The second kappa shape index (κ2) is 7.09. The fraction of sp³-hybridized carbons (Fsp3) is 0.500. The van der Waals surface area contributed by atoms with Crippen molar-refractivity contribution < 1.29 is 9.59 Å². The Kier molecular flexibility index (Phi) is 6.78. The van der Waals surface area contributed by atoms with E-state index in [9.17, 15) is 9.59 Å². The summed E-state index contributed by atoms with van der Waals surface area (Å²) in [7, 11) is 0. The van der Waals surface area contributed by atoms with Crippen molar-refractivity contribution in [3.63, 3.8) is 0 Å². The number of primary amides is 1. The predicted molar refractivity (Wildman–Crippen MR) is 80.9 cm³/mol. The molecule has 0 aliphatic heterocycles. The molecular formula is C10H17ClN4O2S2. The van der Waals surface area contributed by atoms with E-state index in [1.165, 1.54) is 23.1 Å². The standard InChI is InChI=1S/C10H16N4O2S2.ClH/c1-5-7(17-4-6(11)15)18-9(13-5)14-8(16)10(2,3)12;/h4,12H2,1-3H3,(H2,11,15)(H,13,14,16);1H. The van der Waals surface area contributed by atoms with Crippen LogP contribution in [0, 0.1) is 6.92 Å². The zero-order valence-electron chi connectivity index (χ0n) is 10.9. The molecule has 0 spiro atoms. The van der Waals surface area contributed by atoms with Gasteiger partial charge in [0.05, 0.1) is 21.2 Å². The van der Waals surface area contributed by atoms with Crippen LogP contribution in [0.2, 0.25) is 0 Å². The molecule has 0 atom stereocenters. The summed E-state index contributed by atoms with van der Waals surface area (Å²) in [5.41, 5.74) is 10.5. The molecule has 0 radical (unpaired) electrons. The summed E-state index contributed by atoms with van der Waals surface area (Å²) >= 11 is 2.61. The fourth-order valence-electron chi connectivity index (χ4n) is 0.965. The lowest BCUT2D eigenvalue weighted by Gasteiger charge is -2.16. The molecule has 1 aromatic heterocycles. The minimum atomic E-state index is -0.958. The molecule has 2 amide bonds. The van der Waals surface area contributed by atoms with Crippen LogP contribution in [-0.4, -0.2) is 28.1 Å². The van der Waals surface area contributed by atoms with Crippen LogP contribution in [0.5, 0.6) is 0 Å². The van der Waals surface area contributed by atoms with Crippen molar-refractivity contribution >= 4 is 52.5 Å². The number of nitrogens with zero attached hydrogens (tertiary/aromatic N) is 1. The number of aryl methyl sites for hydroxylation is 1. The topological polar surface area (TPSA) is 111 Å². The molecule has 0 unspecified atom stereocenters. The number of nitrogens with two attached hydrogens (primary N) is 2. The van der Waals surface area contributed by atoms with Crippen LogP contribution in [0.4, 0.5) is 5.13 Å². The minimum Gasteiger partial charge on any atom is -0.369 e. The first-order valence-electron chi connectivity index (χ1n) is 5.19. The lowest BCUT2D eigenvalue weighted by Crippen LogP contribution is -2.45. The number of amides is 2. The zero-order chi connectivity index (χ0) is 13.9. The number of thioether (sulfide) groups is 1. The lowest BCUT2D eigenvalue weighted by molar-refractivity contribution is -0.120. The molecule has 0 saturated heterocycles. The number of hydrogen-bond donors (Lipinski definition) is 3. The first-order valence-corrected chi connectivity index (χ1v) is 6.99. The zero-order valence-corrected chi connectivity index (χ0v) is 13.3. The number of rotatable bonds is 5. The van der Waals surface area contributed by atoms with E-state index in [0.29, 0.717) is 5.13 Å². The van der Waals surface area contributed by atoms with Crippen LogP contribution >= 0.6 is 35.5 Å². The summed E-state index contributed by atoms with van der Waals surface area (Å²) in [5.74, 6) is -0.497. The lowest BCUT2D eigenvalue weighted by atomic mass is 10.1. The Morgan fingerprint density at radius 1 is 1.47 bits per heavy atom. The second-order valence-corrected chi connectivity index (χ2v) is 6.57. The third kappa shape index (κ3) is 5.77. The number of thiazole rings is 1. The van der Waals surface area contributed by atoms with Gasteiger partial charge >= 0.3 is 0 Å². The van der Waals surface area contributed by atoms with E-state index in [0.717, 1.165) is 9.90 Å². The van der Waals surface area contributed by atoms with Crippen molar-refractivity contribution in [2.24, 2.45) is 11.5 Å². The number of aromatic nitrogens is 1. The summed E-state index contributed by atoms with van der Waals surface area (Å²) in [6.07, 6.45) is 0. The number of halogens is 1. The number of carbonyl (C=O) groups is 2. The first-order chi connectivity index (χ1) is 8.20. The van der Waals surface area contributed by atoms with Crippen LogP contribution in [0.25, 0.3) is 0 Å². The Bertz CT molecular complexity index is 471. The fourth-order valence-corrected chi connectivity index (χ4v) is 2.84. The van der Waals surface area contributed by atoms with Gasteiger partial charge in [-0.05, 0) is 20.8 Å². The molecule has 9 heteroatoms. The number of anilines is 1. The number of carbonyl (C=O) groups excluding carboxylic acids is 2. The average Bonchev–Trinajstić information content (AvgIpc) is 2.54. The molecule has 19 heavy (non-hydrogen) atoms. The van der Waals surface area contributed by atoms with E-state index in [2.05, 4.69) is 10.3 Å². The van der Waals surface area contributed by atoms with Gasteiger partial charge in [-0.15, -0.1) is 24.2 Å².